The van der Waals surface area contributed by atoms with Crippen LogP contribution in [0.3, 0.4) is 0 Å². The Morgan fingerprint density at radius 1 is 1.13 bits per heavy atom. The Labute approximate surface area is 140 Å². The molecule has 1 fully saturated rings. The smallest absolute Gasteiger partial charge is 0.296 e. The van der Waals surface area contributed by atoms with Crippen LogP contribution >= 0.6 is 24.0 Å². The Kier molecular flexibility index (Phi) is 4.06. The van der Waals surface area contributed by atoms with Crippen LogP contribution in [0.2, 0.25) is 0 Å². The first-order chi connectivity index (χ1) is 11.0. The van der Waals surface area contributed by atoms with Gasteiger partial charge in [0.2, 0.25) is 0 Å². The number of amides is 1. The summed E-state index contributed by atoms with van der Waals surface area (Å²) in [5.74, 6) is -0.947. The summed E-state index contributed by atoms with van der Waals surface area (Å²) in [5.41, 5.74) is 0.948. The van der Waals surface area contributed by atoms with Gasteiger partial charge in [0.05, 0.1) is 10.6 Å². The van der Waals surface area contributed by atoms with Crippen molar-refractivity contribution in [2.75, 3.05) is 4.90 Å². The normalized spacial score (nSPS) is 16.4. The predicted octanol–water partition coefficient (Wildman–Crippen LogP) is 4.28. The molecule has 1 aliphatic heterocycles. The number of anilines is 1. The van der Waals surface area contributed by atoms with Crippen molar-refractivity contribution in [2.24, 2.45) is 0 Å². The van der Waals surface area contributed by atoms with Gasteiger partial charge in [0.25, 0.3) is 5.24 Å². The molecular weight excluding hydrogens is 337 g/mol. The van der Waals surface area contributed by atoms with Gasteiger partial charge in [0.1, 0.15) is 10.8 Å². The van der Waals surface area contributed by atoms with Gasteiger partial charge in [-0.1, -0.05) is 24.4 Å². The molecule has 0 atom stereocenters. The number of hydrogen-bond donors (Lipinski definition) is 2. The third-order valence-electron chi connectivity index (χ3n) is 3.16. The number of carbonyl (C=O) groups excluding carboxylic acids is 1. The number of aromatic hydroxyl groups is 2. The van der Waals surface area contributed by atoms with Gasteiger partial charge in [-0.3, -0.25) is 9.69 Å². The number of thioether (sulfide) groups is 1. The molecule has 23 heavy (non-hydrogen) atoms. The molecule has 0 spiro atoms. The van der Waals surface area contributed by atoms with Crippen LogP contribution in [0.5, 0.6) is 11.5 Å². The highest BCUT2D eigenvalue weighted by Gasteiger charge is 2.33. The average Bonchev–Trinajstić information content (AvgIpc) is 2.77. The van der Waals surface area contributed by atoms with Crippen LogP contribution in [0.4, 0.5) is 14.9 Å². The van der Waals surface area contributed by atoms with E-state index in [-0.39, 0.29) is 21.7 Å². The van der Waals surface area contributed by atoms with Crippen LogP contribution < -0.4 is 4.90 Å². The van der Waals surface area contributed by atoms with E-state index in [0.29, 0.717) is 16.2 Å². The Morgan fingerprint density at radius 2 is 1.91 bits per heavy atom. The summed E-state index contributed by atoms with van der Waals surface area (Å²) in [7, 11) is 0. The fraction of sp³-hybridized carbons (Fsp3) is 0. The second kappa shape index (κ2) is 6.02. The highest BCUT2D eigenvalue weighted by molar-refractivity contribution is 8.20. The lowest BCUT2D eigenvalue weighted by Gasteiger charge is -2.14. The van der Waals surface area contributed by atoms with E-state index in [1.165, 1.54) is 35.2 Å². The van der Waals surface area contributed by atoms with Crippen molar-refractivity contribution in [3.05, 3.63) is 58.8 Å². The van der Waals surface area contributed by atoms with Crippen LogP contribution in [0, 0.1) is 5.82 Å². The Morgan fingerprint density at radius 3 is 2.61 bits per heavy atom. The summed E-state index contributed by atoms with van der Waals surface area (Å²) >= 11 is 6.23. The SMILES string of the molecule is O=C1SC(=Cc2ccc(O)c(O)c2)C(=S)N1c1cccc(F)c1. The molecular formula is C16H10FNO3S2. The zero-order valence-electron chi connectivity index (χ0n) is 11.6. The number of hydrogen-bond acceptors (Lipinski definition) is 5. The lowest BCUT2D eigenvalue weighted by Crippen LogP contribution is -2.26. The molecule has 7 heteroatoms. The number of phenols is 2. The van der Waals surface area contributed by atoms with Crippen molar-refractivity contribution in [2.45, 2.75) is 0 Å². The van der Waals surface area contributed by atoms with Crippen LogP contribution in [0.25, 0.3) is 6.08 Å². The van der Waals surface area contributed by atoms with E-state index in [0.717, 1.165) is 11.8 Å². The zero-order valence-corrected chi connectivity index (χ0v) is 13.2. The molecule has 3 rings (SSSR count). The molecule has 0 saturated carbocycles. The number of benzene rings is 2. The molecule has 1 amide bonds. The minimum absolute atomic E-state index is 0.230. The number of nitrogens with zero attached hydrogens (tertiary/aromatic N) is 1. The fourth-order valence-corrected chi connectivity index (χ4v) is 3.37. The van der Waals surface area contributed by atoms with Crippen LogP contribution in [-0.2, 0) is 0 Å². The van der Waals surface area contributed by atoms with Crippen molar-refractivity contribution in [1.82, 2.24) is 0 Å². The monoisotopic (exact) mass is 347 g/mol. The van der Waals surface area contributed by atoms with E-state index in [9.17, 15) is 19.4 Å². The third kappa shape index (κ3) is 3.06. The van der Waals surface area contributed by atoms with Gasteiger partial charge in [-0.05, 0) is 53.7 Å². The number of rotatable bonds is 2. The second-order valence-electron chi connectivity index (χ2n) is 4.75. The maximum absolute atomic E-state index is 13.3. The predicted molar refractivity (Wildman–Crippen MR) is 92.2 cm³/mol. The van der Waals surface area contributed by atoms with Gasteiger partial charge < -0.3 is 10.2 Å². The quantitative estimate of drug-likeness (QED) is 0.482. The fourth-order valence-electron chi connectivity index (χ4n) is 2.09. The molecule has 1 saturated heterocycles. The van der Waals surface area contributed by atoms with E-state index < -0.39 is 5.82 Å². The molecule has 116 valence electrons. The van der Waals surface area contributed by atoms with Gasteiger partial charge in [-0.2, -0.15) is 0 Å². The minimum Gasteiger partial charge on any atom is -0.504 e. The van der Waals surface area contributed by atoms with Crippen LogP contribution in [0.1, 0.15) is 5.56 Å². The number of carbonyl (C=O) groups is 1. The Bertz CT molecular complexity index is 851. The van der Waals surface area contributed by atoms with Gasteiger partial charge in [-0.15, -0.1) is 0 Å². The van der Waals surface area contributed by atoms with Gasteiger partial charge in [0.15, 0.2) is 11.5 Å². The summed E-state index contributed by atoms with van der Waals surface area (Å²) in [6.07, 6.45) is 1.63. The van der Waals surface area contributed by atoms with Crippen LogP contribution in [0.15, 0.2) is 47.4 Å². The van der Waals surface area contributed by atoms with E-state index in [2.05, 4.69) is 0 Å². The second-order valence-corrected chi connectivity index (χ2v) is 6.13. The van der Waals surface area contributed by atoms with Crippen molar-refractivity contribution >= 4 is 46.0 Å². The van der Waals surface area contributed by atoms with Crippen molar-refractivity contribution in [3.8, 4) is 11.5 Å². The standard InChI is InChI=1S/C16H10FNO3S2/c17-10-2-1-3-11(8-10)18-15(22)14(23-16(18)21)7-9-4-5-12(19)13(20)6-9/h1-8,19-20H. The van der Waals surface area contributed by atoms with E-state index in [1.807, 2.05) is 0 Å². The minimum atomic E-state index is -0.455. The van der Waals surface area contributed by atoms with Crippen LogP contribution in [-0.4, -0.2) is 20.4 Å². The molecule has 1 aliphatic rings. The Hall–Kier alpha value is -2.38. The molecule has 2 N–H and O–H groups in total. The maximum atomic E-state index is 13.3. The van der Waals surface area contributed by atoms with E-state index in [1.54, 1.807) is 18.2 Å². The van der Waals surface area contributed by atoms with E-state index >= 15 is 0 Å². The molecule has 2 aromatic rings. The molecule has 2 aromatic carbocycles. The first-order valence-corrected chi connectivity index (χ1v) is 7.74. The molecule has 0 aromatic heterocycles. The number of phenolic OH excluding ortho intramolecular Hbond substituents is 2. The molecule has 4 nitrogen and oxygen atoms in total. The summed E-state index contributed by atoms with van der Waals surface area (Å²) in [6, 6.07) is 9.92. The summed E-state index contributed by atoms with van der Waals surface area (Å²) in [5, 5.41) is 18.5. The molecule has 0 aliphatic carbocycles. The first kappa shape index (κ1) is 15.5. The molecule has 0 radical (unpaired) electrons. The topological polar surface area (TPSA) is 60.8 Å². The maximum Gasteiger partial charge on any atom is 0.296 e. The molecule has 0 bridgehead atoms. The highest BCUT2D eigenvalue weighted by atomic mass is 32.2. The van der Waals surface area contributed by atoms with Crippen molar-refractivity contribution in [1.29, 1.82) is 0 Å². The number of halogens is 1. The first-order valence-electron chi connectivity index (χ1n) is 6.51. The lowest BCUT2D eigenvalue weighted by molar-refractivity contribution is 0.268. The summed E-state index contributed by atoms with van der Waals surface area (Å²) < 4.78 is 13.3. The largest absolute Gasteiger partial charge is 0.504 e. The molecule has 1 heterocycles. The van der Waals surface area contributed by atoms with Gasteiger partial charge >= 0.3 is 0 Å². The van der Waals surface area contributed by atoms with Crippen molar-refractivity contribution < 1.29 is 19.4 Å². The summed E-state index contributed by atoms with van der Waals surface area (Å²) in [6.45, 7) is 0. The highest BCUT2D eigenvalue weighted by Crippen LogP contribution is 2.37. The third-order valence-corrected chi connectivity index (χ3v) is 4.58. The zero-order chi connectivity index (χ0) is 16.6. The van der Waals surface area contributed by atoms with Crippen molar-refractivity contribution in [3.63, 3.8) is 0 Å². The average molecular weight is 347 g/mol. The summed E-state index contributed by atoms with van der Waals surface area (Å²) in [4.78, 5) is 14.2. The lowest BCUT2D eigenvalue weighted by atomic mass is 10.2. The molecule has 0 unspecified atom stereocenters. The van der Waals surface area contributed by atoms with E-state index in [4.69, 9.17) is 12.2 Å². The van der Waals surface area contributed by atoms with Gasteiger partial charge in [0, 0.05) is 0 Å². The number of thiocarbonyl (C=S) groups is 1. The Balaban J connectivity index is 1.94. The van der Waals surface area contributed by atoms with Gasteiger partial charge in [-0.25, -0.2) is 4.39 Å².